The Bertz CT molecular complexity index is 573. The van der Waals surface area contributed by atoms with Crippen LogP contribution in [-0.4, -0.2) is 168 Å². The molecule has 0 aromatic heterocycles. The molecule has 0 saturated carbocycles. The van der Waals surface area contributed by atoms with Crippen LogP contribution in [0, 0.1) is 0 Å². The quantitative estimate of drug-likeness (QED) is 0.0658. The standard InChI is InChI=1S/C18H38O10.2CH4O3S/c19-1-3-21-5-7-23-9-11-25-13-15-27-17-18-28-16-14-26-12-10-24-8-6-22-4-2-20;2*1-5(2,3)4/h19-20H,1-18H2;2*1H3,(H,2,3,4). The highest BCUT2D eigenvalue weighted by atomic mass is 32.2. The van der Waals surface area contributed by atoms with Crippen molar-refractivity contribution < 1.29 is 74.0 Å². The van der Waals surface area contributed by atoms with E-state index in [0.29, 0.717) is 118 Å². The molecule has 16 nitrogen and oxygen atoms in total. The Morgan fingerprint density at radius 3 is 0.579 bits per heavy atom. The molecule has 0 amide bonds. The highest BCUT2D eigenvalue weighted by Gasteiger charge is 1.95. The minimum atomic E-state index is -3.67. The average Bonchev–Trinajstić information content (AvgIpc) is 2.80. The van der Waals surface area contributed by atoms with E-state index in [9.17, 15) is 16.8 Å². The smallest absolute Gasteiger partial charge is 0.261 e. The summed E-state index contributed by atoms with van der Waals surface area (Å²) in [5, 5.41) is 17.0. The summed E-state index contributed by atoms with van der Waals surface area (Å²) in [6, 6.07) is 0. The van der Waals surface area contributed by atoms with Gasteiger partial charge in [0.15, 0.2) is 0 Å². The van der Waals surface area contributed by atoms with Crippen molar-refractivity contribution in [2.45, 2.75) is 0 Å². The highest BCUT2D eigenvalue weighted by molar-refractivity contribution is 7.85. The first kappa shape index (κ1) is 41.9. The summed E-state index contributed by atoms with van der Waals surface area (Å²) in [6.07, 6.45) is 1.43. The van der Waals surface area contributed by atoms with Crippen molar-refractivity contribution >= 4 is 20.2 Å². The van der Waals surface area contributed by atoms with Crippen molar-refractivity contribution in [2.24, 2.45) is 0 Å². The monoisotopic (exact) mass is 606 g/mol. The predicted octanol–water partition coefficient (Wildman–Crippen LogP) is -1.89. The molecule has 0 radical (unpaired) electrons. The summed E-state index contributed by atoms with van der Waals surface area (Å²) in [4.78, 5) is 0. The Labute approximate surface area is 225 Å². The number of hydrogen-bond acceptors (Lipinski definition) is 14. The number of rotatable bonds is 25. The lowest BCUT2D eigenvalue weighted by Crippen LogP contribution is -2.15. The zero-order valence-electron chi connectivity index (χ0n) is 22.2. The maximum Gasteiger partial charge on any atom is 0.261 e. The summed E-state index contributed by atoms with van der Waals surface area (Å²) in [6.45, 7) is 7.79. The van der Waals surface area contributed by atoms with E-state index >= 15 is 0 Å². The van der Waals surface area contributed by atoms with Crippen molar-refractivity contribution in [1.29, 1.82) is 0 Å². The van der Waals surface area contributed by atoms with Gasteiger partial charge in [-0.25, -0.2) is 0 Å². The maximum atomic E-state index is 9.19. The number of hydrogen-bond donors (Lipinski definition) is 4. The molecule has 0 aliphatic carbocycles. The molecule has 0 bridgehead atoms. The average molecular weight is 607 g/mol. The topological polar surface area (TPSA) is 223 Å². The fourth-order valence-electron chi connectivity index (χ4n) is 1.77. The lowest BCUT2D eigenvalue weighted by atomic mass is 10.6. The first-order chi connectivity index (χ1) is 17.9. The van der Waals surface area contributed by atoms with Crippen LogP contribution in [0.15, 0.2) is 0 Å². The predicted molar refractivity (Wildman–Crippen MR) is 136 cm³/mol. The van der Waals surface area contributed by atoms with Crippen LogP contribution < -0.4 is 0 Å². The Kier molecular flexibility index (Phi) is 36.0. The fraction of sp³-hybridized carbons (Fsp3) is 1.00. The molecule has 18 heteroatoms. The normalized spacial score (nSPS) is 11.4. The zero-order chi connectivity index (χ0) is 29.4. The molecule has 0 aromatic carbocycles. The Hall–Kier alpha value is -0.580. The molecule has 38 heavy (non-hydrogen) atoms. The van der Waals surface area contributed by atoms with Crippen molar-refractivity contribution in [3.05, 3.63) is 0 Å². The van der Waals surface area contributed by atoms with E-state index in [1.54, 1.807) is 0 Å². The van der Waals surface area contributed by atoms with E-state index in [1.807, 2.05) is 0 Å². The molecule has 0 aliphatic heterocycles. The Morgan fingerprint density at radius 1 is 0.368 bits per heavy atom. The second-order valence-electron chi connectivity index (χ2n) is 6.81. The van der Waals surface area contributed by atoms with E-state index in [-0.39, 0.29) is 13.2 Å². The van der Waals surface area contributed by atoms with Crippen LogP contribution in [0.3, 0.4) is 0 Å². The van der Waals surface area contributed by atoms with Gasteiger partial charge >= 0.3 is 0 Å². The van der Waals surface area contributed by atoms with Gasteiger partial charge in [-0.15, -0.1) is 0 Å². The molecule has 0 spiro atoms. The van der Waals surface area contributed by atoms with Gasteiger partial charge in [-0.3, -0.25) is 9.11 Å². The van der Waals surface area contributed by atoms with Crippen LogP contribution in [-0.2, 0) is 58.1 Å². The minimum absolute atomic E-state index is 0.0294. The molecule has 234 valence electrons. The summed E-state index contributed by atoms with van der Waals surface area (Å²) < 4.78 is 93.9. The van der Waals surface area contributed by atoms with Crippen molar-refractivity contribution in [1.82, 2.24) is 0 Å². The maximum absolute atomic E-state index is 9.19. The SMILES string of the molecule is CS(=O)(=O)O.CS(=O)(=O)O.OCCOCCOCCOCCOCCOCCOCCOCCOCCO. The molecule has 0 saturated heterocycles. The van der Waals surface area contributed by atoms with Gasteiger partial charge < -0.3 is 48.1 Å². The van der Waals surface area contributed by atoms with Gasteiger partial charge in [0.1, 0.15) is 0 Å². The summed E-state index contributed by atoms with van der Waals surface area (Å²) in [5.41, 5.74) is 0. The van der Waals surface area contributed by atoms with Crippen molar-refractivity contribution in [2.75, 3.05) is 131 Å². The van der Waals surface area contributed by atoms with Crippen LogP contribution in [0.4, 0.5) is 0 Å². The molecule has 0 unspecified atom stereocenters. The van der Waals surface area contributed by atoms with Gasteiger partial charge in [0.25, 0.3) is 20.2 Å². The third kappa shape index (κ3) is 70.4. The van der Waals surface area contributed by atoms with Crippen molar-refractivity contribution in [3.63, 3.8) is 0 Å². The Balaban J connectivity index is -0.00000103. The van der Waals surface area contributed by atoms with E-state index in [2.05, 4.69) is 0 Å². The number of ether oxygens (including phenoxy) is 8. The van der Waals surface area contributed by atoms with E-state index in [1.165, 1.54) is 0 Å². The molecule has 0 aromatic rings. The fourth-order valence-corrected chi connectivity index (χ4v) is 1.77. The molecule has 0 rings (SSSR count). The number of aliphatic hydroxyl groups excluding tert-OH is 2. The van der Waals surface area contributed by atoms with Crippen LogP contribution in [0.1, 0.15) is 0 Å². The molecule has 0 heterocycles. The summed E-state index contributed by atoms with van der Waals surface area (Å²) in [5.74, 6) is 0. The van der Waals surface area contributed by atoms with Crippen LogP contribution in [0.5, 0.6) is 0 Å². The van der Waals surface area contributed by atoms with Crippen molar-refractivity contribution in [3.8, 4) is 0 Å². The van der Waals surface area contributed by atoms with Crippen LogP contribution in [0.25, 0.3) is 0 Å². The van der Waals surface area contributed by atoms with E-state index in [4.69, 9.17) is 57.2 Å². The van der Waals surface area contributed by atoms with Gasteiger partial charge in [-0.2, -0.15) is 16.8 Å². The van der Waals surface area contributed by atoms with Gasteiger partial charge in [-0.05, 0) is 0 Å². The second-order valence-corrected chi connectivity index (χ2v) is 9.74. The lowest BCUT2D eigenvalue weighted by Gasteiger charge is -2.08. The second kappa shape index (κ2) is 32.6. The molecule has 0 fully saturated rings. The first-order valence-corrected chi connectivity index (χ1v) is 15.3. The van der Waals surface area contributed by atoms with Gasteiger partial charge in [0.2, 0.25) is 0 Å². The third-order valence-corrected chi connectivity index (χ3v) is 3.08. The molecule has 0 atom stereocenters. The Morgan fingerprint density at radius 2 is 0.474 bits per heavy atom. The largest absolute Gasteiger partial charge is 0.394 e. The molecule has 4 N–H and O–H groups in total. The van der Waals surface area contributed by atoms with Crippen LogP contribution in [0.2, 0.25) is 0 Å². The highest BCUT2D eigenvalue weighted by Crippen LogP contribution is 1.85. The van der Waals surface area contributed by atoms with Crippen LogP contribution >= 0.6 is 0 Å². The summed E-state index contributed by atoms with van der Waals surface area (Å²) in [7, 11) is -7.33. The lowest BCUT2D eigenvalue weighted by molar-refractivity contribution is -0.0244. The third-order valence-electron chi connectivity index (χ3n) is 3.08. The van der Waals surface area contributed by atoms with Gasteiger partial charge in [0, 0.05) is 0 Å². The van der Waals surface area contributed by atoms with Gasteiger partial charge in [0.05, 0.1) is 131 Å². The van der Waals surface area contributed by atoms with E-state index in [0.717, 1.165) is 0 Å². The molecule has 0 aliphatic rings. The molecular formula is C20H46O16S2. The van der Waals surface area contributed by atoms with E-state index < -0.39 is 20.2 Å². The molecular weight excluding hydrogens is 560 g/mol. The minimum Gasteiger partial charge on any atom is -0.394 e. The zero-order valence-corrected chi connectivity index (χ0v) is 23.9. The number of aliphatic hydroxyl groups is 2. The first-order valence-electron chi connectivity index (χ1n) is 11.6. The summed E-state index contributed by atoms with van der Waals surface area (Å²) >= 11 is 0. The van der Waals surface area contributed by atoms with Gasteiger partial charge in [-0.1, -0.05) is 0 Å².